The molecule has 7 heteroatoms. The number of hydrogen-bond donors (Lipinski definition) is 1. The molecule has 3 heterocycles. The lowest BCUT2D eigenvalue weighted by Gasteiger charge is -2.42. The molecule has 1 aliphatic heterocycles. The van der Waals surface area contributed by atoms with E-state index in [-0.39, 0.29) is 17.4 Å². The first-order valence-electron chi connectivity index (χ1n) is 9.51. The van der Waals surface area contributed by atoms with Gasteiger partial charge in [0.15, 0.2) is 0 Å². The molecule has 0 radical (unpaired) electrons. The number of aliphatic hydroxyl groups is 1. The number of carbonyl (C=O) groups is 1. The zero-order chi connectivity index (χ0) is 19.1. The van der Waals surface area contributed by atoms with Crippen molar-refractivity contribution in [2.75, 3.05) is 13.1 Å². The van der Waals surface area contributed by atoms with Gasteiger partial charge in [0, 0.05) is 43.3 Å². The summed E-state index contributed by atoms with van der Waals surface area (Å²) in [5.74, 6) is -0.102. The first kappa shape index (κ1) is 17.1. The van der Waals surface area contributed by atoms with E-state index in [0.29, 0.717) is 31.6 Å². The molecule has 3 aromatic rings. The van der Waals surface area contributed by atoms with Gasteiger partial charge >= 0.3 is 0 Å². The van der Waals surface area contributed by atoms with Gasteiger partial charge in [-0.2, -0.15) is 0 Å². The van der Waals surface area contributed by atoms with Crippen LogP contribution >= 0.6 is 0 Å². The van der Waals surface area contributed by atoms with Crippen LogP contribution in [0.3, 0.4) is 0 Å². The fourth-order valence-electron chi connectivity index (χ4n) is 4.84. The highest BCUT2D eigenvalue weighted by Crippen LogP contribution is 2.52. The van der Waals surface area contributed by atoms with Gasteiger partial charge in [-0.05, 0) is 24.0 Å². The lowest BCUT2D eigenvalue weighted by atomic mass is 9.72. The third-order valence-corrected chi connectivity index (χ3v) is 6.25. The van der Waals surface area contributed by atoms with Crippen LogP contribution in [0.25, 0.3) is 0 Å². The van der Waals surface area contributed by atoms with Gasteiger partial charge in [0.05, 0.1) is 24.7 Å². The molecule has 0 saturated carbocycles. The Morgan fingerprint density at radius 2 is 1.93 bits per heavy atom. The van der Waals surface area contributed by atoms with Crippen molar-refractivity contribution in [1.82, 2.24) is 24.4 Å². The molecule has 1 aromatic carbocycles. The Hall–Kier alpha value is -3.06. The minimum atomic E-state index is -0.562. The fourth-order valence-corrected chi connectivity index (χ4v) is 4.84. The van der Waals surface area contributed by atoms with Gasteiger partial charge in [0.1, 0.15) is 5.69 Å². The maximum Gasteiger partial charge on any atom is 0.274 e. The van der Waals surface area contributed by atoms with Crippen molar-refractivity contribution in [2.24, 2.45) is 0 Å². The Kier molecular flexibility index (Phi) is 3.98. The molecule has 1 N–H and O–H groups in total. The summed E-state index contributed by atoms with van der Waals surface area (Å²) in [4.78, 5) is 26.8. The normalized spacial score (nSPS) is 23.0. The number of benzene rings is 1. The molecule has 7 nitrogen and oxygen atoms in total. The molecule has 1 saturated heterocycles. The molecule has 1 amide bonds. The Bertz CT molecular complexity index is 981. The Morgan fingerprint density at radius 3 is 2.64 bits per heavy atom. The van der Waals surface area contributed by atoms with E-state index >= 15 is 0 Å². The van der Waals surface area contributed by atoms with Crippen LogP contribution < -0.4 is 0 Å². The Balaban J connectivity index is 1.44. The van der Waals surface area contributed by atoms with Crippen LogP contribution in [0, 0.1) is 0 Å². The highest BCUT2D eigenvalue weighted by atomic mass is 16.3. The monoisotopic (exact) mass is 375 g/mol. The van der Waals surface area contributed by atoms with Gasteiger partial charge in [-0.25, -0.2) is 9.97 Å². The topological polar surface area (TPSA) is 84.1 Å². The number of piperidine rings is 1. The second-order valence-electron chi connectivity index (χ2n) is 7.53. The van der Waals surface area contributed by atoms with Crippen molar-refractivity contribution in [3.63, 3.8) is 0 Å². The van der Waals surface area contributed by atoms with Crippen LogP contribution in [-0.2, 0) is 5.41 Å². The van der Waals surface area contributed by atoms with Crippen LogP contribution in [0.1, 0.15) is 40.5 Å². The summed E-state index contributed by atoms with van der Waals surface area (Å²) in [7, 11) is 0. The maximum atomic E-state index is 12.7. The number of aliphatic hydroxyl groups excluding tert-OH is 1. The van der Waals surface area contributed by atoms with Crippen LogP contribution in [-0.4, -0.2) is 54.6 Å². The Labute approximate surface area is 162 Å². The summed E-state index contributed by atoms with van der Waals surface area (Å²) in [5.41, 5.74) is 2.33. The number of imidazole rings is 1. The van der Waals surface area contributed by atoms with Gasteiger partial charge < -0.3 is 14.6 Å². The molecule has 5 rings (SSSR count). The molecular weight excluding hydrogens is 354 g/mol. The zero-order valence-electron chi connectivity index (χ0n) is 15.3. The molecule has 2 aromatic heterocycles. The van der Waals surface area contributed by atoms with E-state index in [1.165, 1.54) is 18.0 Å². The molecule has 28 heavy (non-hydrogen) atoms. The lowest BCUT2D eigenvalue weighted by Crippen LogP contribution is -2.50. The molecule has 142 valence electrons. The van der Waals surface area contributed by atoms with Crippen LogP contribution in [0.5, 0.6) is 0 Å². The molecule has 0 bridgehead atoms. The summed E-state index contributed by atoms with van der Waals surface area (Å²) in [6.07, 6.45) is 10.9. The number of amides is 1. The van der Waals surface area contributed by atoms with E-state index < -0.39 is 6.10 Å². The van der Waals surface area contributed by atoms with E-state index in [0.717, 1.165) is 5.56 Å². The third kappa shape index (κ3) is 2.46. The summed E-state index contributed by atoms with van der Waals surface area (Å²) < 4.78 is 1.98. The minimum Gasteiger partial charge on any atom is -0.390 e. The van der Waals surface area contributed by atoms with Crippen molar-refractivity contribution >= 4 is 5.91 Å². The molecule has 0 unspecified atom stereocenters. The second kappa shape index (κ2) is 6.53. The fraction of sp³-hybridized carbons (Fsp3) is 0.333. The van der Waals surface area contributed by atoms with E-state index in [1.807, 2.05) is 27.8 Å². The SMILES string of the molecule is O=C(c1cnccn1)N1CCC2(CC1)c1ccccc1[C@@H](n1ccnc1)[C@@H]2O. The largest absolute Gasteiger partial charge is 0.390 e. The molecule has 1 fully saturated rings. The average molecular weight is 375 g/mol. The number of rotatable bonds is 2. The number of fused-ring (bicyclic) bond motifs is 2. The second-order valence-corrected chi connectivity index (χ2v) is 7.53. The number of hydrogen-bond acceptors (Lipinski definition) is 5. The molecule has 2 atom stereocenters. The number of carbonyl (C=O) groups excluding carboxylic acids is 1. The number of nitrogens with zero attached hydrogens (tertiary/aromatic N) is 5. The van der Waals surface area contributed by atoms with Crippen molar-refractivity contribution in [3.8, 4) is 0 Å². The number of likely N-dealkylation sites (tertiary alicyclic amines) is 1. The van der Waals surface area contributed by atoms with E-state index in [4.69, 9.17) is 0 Å². The summed E-state index contributed by atoms with van der Waals surface area (Å²) >= 11 is 0. The van der Waals surface area contributed by atoms with Crippen molar-refractivity contribution in [1.29, 1.82) is 0 Å². The van der Waals surface area contributed by atoms with Crippen molar-refractivity contribution in [2.45, 2.75) is 30.4 Å². The van der Waals surface area contributed by atoms with Gasteiger partial charge in [0.2, 0.25) is 0 Å². The number of aromatic nitrogens is 4. The van der Waals surface area contributed by atoms with Gasteiger partial charge in [-0.1, -0.05) is 24.3 Å². The summed E-state index contributed by atoms with van der Waals surface area (Å²) in [6, 6.07) is 8.10. The maximum absolute atomic E-state index is 12.7. The zero-order valence-corrected chi connectivity index (χ0v) is 15.3. The standard InChI is InChI=1S/C21H21N5O2/c27-19-18(26-12-9-23-14-26)15-3-1-2-4-16(15)21(19)5-10-25(11-6-21)20(28)17-13-22-7-8-24-17/h1-4,7-9,12-14,18-19,27H,5-6,10-11H2/t18-,19+/m1/s1. The van der Waals surface area contributed by atoms with E-state index in [1.54, 1.807) is 18.7 Å². The Morgan fingerprint density at radius 1 is 1.11 bits per heavy atom. The van der Waals surface area contributed by atoms with Crippen molar-refractivity contribution < 1.29 is 9.90 Å². The average Bonchev–Trinajstić information content (AvgIpc) is 3.35. The summed E-state index contributed by atoms with van der Waals surface area (Å²) in [6.45, 7) is 1.16. The van der Waals surface area contributed by atoms with E-state index in [2.05, 4.69) is 27.1 Å². The first-order chi connectivity index (χ1) is 13.7. The smallest absolute Gasteiger partial charge is 0.274 e. The highest BCUT2D eigenvalue weighted by molar-refractivity contribution is 5.92. The van der Waals surface area contributed by atoms with E-state index in [9.17, 15) is 9.90 Å². The molecule has 1 spiro atoms. The van der Waals surface area contributed by atoms with Crippen LogP contribution in [0.4, 0.5) is 0 Å². The third-order valence-electron chi connectivity index (χ3n) is 6.25. The first-order valence-corrected chi connectivity index (χ1v) is 9.51. The predicted molar refractivity (Wildman–Crippen MR) is 102 cm³/mol. The lowest BCUT2D eigenvalue weighted by molar-refractivity contribution is 0.0206. The summed E-state index contributed by atoms with van der Waals surface area (Å²) in [5, 5.41) is 11.4. The van der Waals surface area contributed by atoms with Crippen LogP contribution in [0.2, 0.25) is 0 Å². The highest BCUT2D eigenvalue weighted by Gasteiger charge is 2.53. The quantitative estimate of drug-likeness (QED) is 0.739. The molecule has 1 aliphatic carbocycles. The van der Waals surface area contributed by atoms with Crippen LogP contribution in [0.15, 0.2) is 61.6 Å². The minimum absolute atomic E-state index is 0.102. The van der Waals surface area contributed by atoms with Gasteiger partial charge in [0.25, 0.3) is 5.91 Å². The van der Waals surface area contributed by atoms with Gasteiger partial charge in [-0.15, -0.1) is 0 Å². The molecular formula is C21H21N5O2. The predicted octanol–water partition coefficient (Wildman–Crippen LogP) is 1.81. The molecule has 2 aliphatic rings. The van der Waals surface area contributed by atoms with Gasteiger partial charge in [-0.3, -0.25) is 9.78 Å². The van der Waals surface area contributed by atoms with Crippen molar-refractivity contribution in [3.05, 3.63) is 78.4 Å².